The Kier molecular flexibility index (Phi) is 5.65. The minimum absolute atomic E-state index is 0.106. The van der Waals surface area contributed by atoms with Crippen LogP contribution >= 0.6 is 0 Å². The number of ketones is 1. The molecular weight excluding hydrogens is 404 g/mol. The lowest BCUT2D eigenvalue weighted by Crippen LogP contribution is -2.65. The molecule has 2 aliphatic heterocycles. The Hall–Kier alpha value is -1.96. The minimum atomic E-state index is -1.01. The van der Waals surface area contributed by atoms with E-state index < -0.39 is 46.6 Å². The molecule has 4 rings (SSSR count). The molecule has 2 heterocycles. The van der Waals surface area contributed by atoms with Gasteiger partial charge in [0.25, 0.3) is 0 Å². The van der Waals surface area contributed by atoms with Crippen LogP contribution in [0.2, 0.25) is 0 Å². The summed E-state index contributed by atoms with van der Waals surface area (Å²) in [6.07, 6.45) is 1.21. The highest BCUT2D eigenvalue weighted by Crippen LogP contribution is 2.64. The third-order valence-corrected chi connectivity index (χ3v) is 8.41. The number of carbonyl (C=O) groups is 4. The van der Waals surface area contributed by atoms with Crippen LogP contribution in [0.3, 0.4) is 0 Å². The van der Waals surface area contributed by atoms with Crippen molar-refractivity contribution >= 4 is 23.7 Å². The molecule has 0 radical (unpaired) electrons. The number of ether oxygens (including phenoxy) is 4. The van der Waals surface area contributed by atoms with Crippen molar-refractivity contribution in [3.63, 3.8) is 0 Å². The van der Waals surface area contributed by atoms with Crippen LogP contribution in [0, 0.1) is 34.5 Å². The van der Waals surface area contributed by atoms with Crippen LogP contribution in [0.1, 0.15) is 52.9 Å². The molecule has 0 N–H and O–H groups in total. The molecule has 172 valence electrons. The molecule has 0 amide bonds. The SMILES string of the molecule is COC(=O)[C@@H]1C[C@H](OC(C)=O)C(=O)C2[C@@]1(C)CC[C@H]1C(=O)OC(C3CCOC3)C[C@]21C. The van der Waals surface area contributed by atoms with Gasteiger partial charge in [0, 0.05) is 31.8 Å². The van der Waals surface area contributed by atoms with Crippen LogP contribution in [0.4, 0.5) is 0 Å². The van der Waals surface area contributed by atoms with E-state index in [1.807, 2.05) is 13.8 Å². The maximum Gasteiger partial charge on any atom is 0.309 e. The van der Waals surface area contributed by atoms with Crippen molar-refractivity contribution in [3.8, 4) is 0 Å². The zero-order chi connectivity index (χ0) is 22.6. The first-order valence-electron chi connectivity index (χ1n) is 11.2. The van der Waals surface area contributed by atoms with Crippen LogP contribution in [0.5, 0.6) is 0 Å². The molecule has 0 aromatic heterocycles. The lowest BCUT2D eigenvalue weighted by Gasteiger charge is -2.61. The Morgan fingerprint density at radius 2 is 1.87 bits per heavy atom. The third kappa shape index (κ3) is 3.47. The first-order chi connectivity index (χ1) is 14.6. The van der Waals surface area contributed by atoms with Crippen LogP contribution in [0.15, 0.2) is 0 Å². The van der Waals surface area contributed by atoms with Crippen molar-refractivity contribution < 1.29 is 38.1 Å². The molecule has 0 aromatic rings. The number of cyclic esters (lactones) is 1. The first-order valence-corrected chi connectivity index (χ1v) is 11.2. The Morgan fingerprint density at radius 1 is 1.13 bits per heavy atom. The van der Waals surface area contributed by atoms with Gasteiger partial charge >= 0.3 is 17.9 Å². The summed E-state index contributed by atoms with van der Waals surface area (Å²) in [5.41, 5.74) is -1.38. The Labute approximate surface area is 182 Å². The molecule has 8 nitrogen and oxygen atoms in total. The smallest absolute Gasteiger partial charge is 0.309 e. The van der Waals surface area contributed by atoms with Gasteiger partial charge in [-0.2, -0.15) is 0 Å². The van der Waals surface area contributed by atoms with Crippen LogP contribution in [0.25, 0.3) is 0 Å². The van der Waals surface area contributed by atoms with E-state index in [4.69, 9.17) is 18.9 Å². The fourth-order valence-corrected chi connectivity index (χ4v) is 6.97. The lowest BCUT2D eigenvalue weighted by molar-refractivity contribution is -0.212. The molecule has 0 spiro atoms. The number of rotatable bonds is 3. The van der Waals surface area contributed by atoms with E-state index in [1.54, 1.807) is 0 Å². The number of carbonyl (C=O) groups excluding carboxylic acids is 4. The summed E-state index contributed by atoms with van der Waals surface area (Å²) in [6.45, 7) is 6.36. The van der Waals surface area contributed by atoms with E-state index in [-0.39, 0.29) is 30.2 Å². The summed E-state index contributed by atoms with van der Waals surface area (Å²) in [4.78, 5) is 51.3. The maximum absolute atomic E-state index is 13.7. The van der Waals surface area contributed by atoms with Gasteiger partial charge in [-0.25, -0.2) is 0 Å². The number of methoxy groups -OCH3 is 1. The van der Waals surface area contributed by atoms with E-state index >= 15 is 0 Å². The third-order valence-electron chi connectivity index (χ3n) is 8.41. The molecule has 2 saturated carbocycles. The lowest BCUT2D eigenvalue weighted by atomic mass is 9.43. The van der Waals surface area contributed by atoms with E-state index in [9.17, 15) is 19.2 Å². The Balaban J connectivity index is 1.76. The molecule has 0 aromatic carbocycles. The van der Waals surface area contributed by atoms with Crippen molar-refractivity contribution in [3.05, 3.63) is 0 Å². The number of hydrogen-bond acceptors (Lipinski definition) is 8. The molecule has 2 aliphatic carbocycles. The van der Waals surface area contributed by atoms with Crippen LogP contribution in [-0.2, 0) is 38.1 Å². The average Bonchev–Trinajstić information content (AvgIpc) is 3.23. The van der Waals surface area contributed by atoms with E-state index in [0.717, 1.165) is 6.42 Å². The molecule has 4 fully saturated rings. The molecule has 0 bridgehead atoms. The Bertz CT molecular complexity index is 786. The van der Waals surface area contributed by atoms with E-state index in [0.29, 0.717) is 32.5 Å². The van der Waals surface area contributed by atoms with Gasteiger partial charge in [-0.1, -0.05) is 13.8 Å². The second-order valence-corrected chi connectivity index (χ2v) is 10.2. The molecule has 4 aliphatic rings. The maximum atomic E-state index is 13.7. The fraction of sp³-hybridized carbons (Fsp3) is 0.826. The second kappa shape index (κ2) is 7.87. The zero-order valence-electron chi connectivity index (χ0n) is 18.7. The quantitative estimate of drug-likeness (QED) is 0.489. The molecule has 8 heteroatoms. The highest BCUT2D eigenvalue weighted by Gasteiger charge is 2.68. The minimum Gasteiger partial charge on any atom is -0.469 e. The summed E-state index contributed by atoms with van der Waals surface area (Å²) >= 11 is 0. The first kappa shape index (κ1) is 22.2. The zero-order valence-corrected chi connectivity index (χ0v) is 18.7. The van der Waals surface area contributed by atoms with Crippen LogP contribution < -0.4 is 0 Å². The molecule has 3 unspecified atom stereocenters. The highest BCUT2D eigenvalue weighted by molar-refractivity contribution is 5.93. The van der Waals surface area contributed by atoms with Gasteiger partial charge in [0.2, 0.25) is 0 Å². The van der Waals surface area contributed by atoms with Gasteiger partial charge in [-0.15, -0.1) is 0 Å². The summed E-state index contributed by atoms with van der Waals surface area (Å²) in [5.74, 6) is -2.96. The highest BCUT2D eigenvalue weighted by atomic mass is 16.6. The van der Waals surface area contributed by atoms with Crippen molar-refractivity contribution in [2.45, 2.75) is 65.1 Å². The van der Waals surface area contributed by atoms with Gasteiger partial charge in [0.1, 0.15) is 6.10 Å². The number of hydrogen-bond donors (Lipinski definition) is 0. The monoisotopic (exact) mass is 436 g/mol. The van der Waals surface area contributed by atoms with Crippen molar-refractivity contribution in [2.24, 2.45) is 34.5 Å². The van der Waals surface area contributed by atoms with Crippen molar-refractivity contribution in [1.82, 2.24) is 0 Å². The van der Waals surface area contributed by atoms with Gasteiger partial charge in [0.05, 0.1) is 25.6 Å². The number of fused-ring (bicyclic) bond motifs is 3. The summed E-state index contributed by atoms with van der Waals surface area (Å²) in [5, 5.41) is 0. The predicted molar refractivity (Wildman–Crippen MR) is 107 cm³/mol. The van der Waals surface area contributed by atoms with Crippen molar-refractivity contribution in [2.75, 3.05) is 20.3 Å². The fourth-order valence-electron chi connectivity index (χ4n) is 6.97. The normalized spacial score (nSPS) is 44.6. The van der Waals surface area contributed by atoms with Gasteiger partial charge < -0.3 is 18.9 Å². The number of esters is 3. The topological polar surface area (TPSA) is 105 Å². The standard InChI is InChI=1S/C23H32O8/c1-12(24)30-16-9-15(20(26)28-4)22(2)7-5-14-21(27)31-17(13-6-8-29-11-13)10-23(14,3)19(22)18(16)25/h13-17,19H,5-11H2,1-4H3/t13?,14-,15-,16-,17?,19?,22-,23-/m0/s1. The summed E-state index contributed by atoms with van der Waals surface area (Å²) in [7, 11) is 1.33. The predicted octanol–water partition coefficient (Wildman–Crippen LogP) is 2.07. The van der Waals surface area contributed by atoms with E-state index in [1.165, 1.54) is 14.0 Å². The molecular formula is C23H32O8. The van der Waals surface area contributed by atoms with Gasteiger partial charge in [-0.05, 0) is 36.5 Å². The average molecular weight is 437 g/mol. The summed E-state index contributed by atoms with van der Waals surface area (Å²) in [6, 6.07) is 0. The molecule has 31 heavy (non-hydrogen) atoms. The van der Waals surface area contributed by atoms with Gasteiger partial charge in [-0.3, -0.25) is 19.2 Å². The molecule has 8 atom stereocenters. The van der Waals surface area contributed by atoms with Crippen LogP contribution in [-0.4, -0.2) is 56.2 Å². The Morgan fingerprint density at radius 3 is 2.48 bits per heavy atom. The molecule has 2 saturated heterocycles. The largest absolute Gasteiger partial charge is 0.469 e. The van der Waals surface area contributed by atoms with Crippen molar-refractivity contribution in [1.29, 1.82) is 0 Å². The van der Waals surface area contributed by atoms with E-state index in [2.05, 4.69) is 0 Å². The number of Topliss-reactive ketones (excluding diaryl/α,β-unsaturated/α-hetero) is 1. The second-order valence-electron chi connectivity index (χ2n) is 10.2. The van der Waals surface area contributed by atoms with Gasteiger partial charge in [0.15, 0.2) is 11.9 Å². The summed E-state index contributed by atoms with van der Waals surface area (Å²) < 4.78 is 21.8.